The lowest BCUT2D eigenvalue weighted by Crippen LogP contribution is -2.45. The van der Waals surface area contributed by atoms with Crippen molar-refractivity contribution in [1.29, 1.82) is 0 Å². The minimum Gasteiger partial charge on any atom is -0.368 e. The van der Waals surface area contributed by atoms with Gasteiger partial charge in [0.05, 0.1) is 5.56 Å². The normalized spacial score (nSPS) is 18.2. The third-order valence-corrected chi connectivity index (χ3v) is 3.34. The number of halogens is 4. The standard InChI is InChI=1S/C12H14ClF3N2/c1-17-4-6-18(7-5-17)11-3-2-9(13)8-10(11)12(14,15)16/h2-3,8H,4-7H2,1H3. The van der Waals surface area contributed by atoms with Crippen molar-refractivity contribution in [3.63, 3.8) is 0 Å². The van der Waals surface area contributed by atoms with Gasteiger partial charge in [-0.15, -0.1) is 0 Å². The number of nitrogens with zero attached hydrogens (tertiary/aromatic N) is 2. The van der Waals surface area contributed by atoms with Crippen molar-refractivity contribution in [2.75, 3.05) is 38.1 Å². The van der Waals surface area contributed by atoms with Gasteiger partial charge in [0.25, 0.3) is 0 Å². The van der Waals surface area contributed by atoms with Gasteiger partial charge in [0.1, 0.15) is 0 Å². The average Bonchev–Trinajstić information content (AvgIpc) is 2.29. The van der Waals surface area contributed by atoms with E-state index < -0.39 is 11.7 Å². The predicted octanol–water partition coefficient (Wildman–Crippen LogP) is 3.11. The van der Waals surface area contributed by atoms with Crippen molar-refractivity contribution in [2.45, 2.75) is 6.18 Å². The first kappa shape index (κ1) is 13.5. The van der Waals surface area contributed by atoms with Crippen LogP contribution in [0.15, 0.2) is 18.2 Å². The van der Waals surface area contributed by atoms with Crippen molar-refractivity contribution < 1.29 is 13.2 Å². The molecule has 2 nitrogen and oxygen atoms in total. The van der Waals surface area contributed by atoms with Crippen LogP contribution >= 0.6 is 11.6 Å². The summed E-state index contributed by atoms with van der Waals surface area (Å²) in [5, 5.41) is 0.111. The quantitative estimate of drug-likeness (QED) is 0.779. The summed E-state index contributed by atoms with van der Waals surface area (Å²) in [6, 6.07) is 3.95. The number of alkyl halides is 3. The predicted molar refractivity (Wildman–Crippen MR) is 66.2 cm³/mol. The Bertz CT molecular complexity index is 426. The van der Waals surface area contributed by atoms with Gasteiger partial charge in [-0.2, -0.15) is 13.2 Å². The molecule has 0 saturated carbocycles. The summed E-state index contributed by atoms with van der Waals surface area (Å²) in [5.41, 5.74) is -0.431. The summed E-state index contributed by atoms with van der Waals surface area (Å²) >= 11 is 5.66. The van der Waals surface area contributed by atoms with Gasteiger partial charge in [-0.3, -0.25) is 0 Å². The van der Waals surface area contributed by atoms with E-state index in [9.17, 15) is 13.2 Å². The summed E-state index contributed by atoms with van der Waals surface area (Å²) < 4.78 is 38.9. The average molecular weight is 279 g/mol. The number of likely N-dealkylation sites (N-methyl/N-ethyl adjacent to an activating group) is 1. The fraction of sp³-hybridized carbons (Fsp3) is 0.500. The molecule has 0 aromatic heterocycles. The molecule has 6 heteroatoms. The molecule has 1 aliphatic heterocycles. The van der Waals surface area contributed by atoms with Gasteiger partial charge in [0.15, 0.2) is 0 Å². The smallest absolute Gasteiger partial charge is 0.368 e. The van der Waals surface area contributed by atoms with Crippen LogP contribution in [0.1, 0.15) is 5.56 Å². The lowest BCUT2D eigenvalue weighted by atomic mass is 10.1. The number of hydrogen-bond donors (Lipinski definition) is 0. The SMILES string of the molecule is CN1CCN(c2ccc(Cl)cc2C(F)(F)F)CC1. The molecule has 1 aliphatic rings. The fourth-order valence-corrected chi connectivity index (χ4v) is 2.23. The Labute approximate surface area is 109 Å². The van der Waals surface area contributed by atoms with Gasteiger partial charge in [0, 0.05) is 36.9 Å². The maximum atomic E-state index is 13.0. The van der Waals surface area contributed by atoms with Gasteiger partial charge in [-0.1, -0.05) is 11.6 Å². The molecule has 0 bridgehead atoms. The zero-order valence-electron chi connectivity index (χ0n) is 9.97. The molecule has 1 aromatic rings. The van der Waals surface area contributed by atoms with E-state index in [0.29, 0.717) is 13.1 Å². The molecule has 0 atom stereocenters. The van der Waals surface area contributed by atoms with Crippen LogP contribution in [-0.2, 0) is 6.18 Å². The highest BCUT2D eigenvalue weighted by Gasteiger charge is 2.35. The number of piperazine rings is 1. The summed E-state index contributed by atoms with van der Waals surface area (Å²) in [6.45, 7) is 2.72. The molecule has 1 saturated heterocycles. The topological polar surface area (TPSA) is 6.48 Å². The summed E-state index contributed by atoms with van der Waals surface area (Å²) in [7, 11) is 1.96. The first-order valence-corrected chi connectivity index (χ1v) is 6.06. The highest BCUT2D eigenvalue weighted by molar-refractivity contribution is 6.30. The van der Waals surface area contributed by atoms with Crippen LogP contribution in [0.4, 0.5) is 18.9 Å². The van der Waals surface area contributed by atoms with Crippen molar-refractivity contribution in [3.05, 3.63) is 28.8 Å². The molecule has 0 N–H and O–H groups in total. The second-order valence-corrected chi connectivity index (χ2v) is 4.89. The first-order chi connectivity index (χ1) is 8.38. The monoisotopic (exact) mass is 278 g/mol. The zero-order chi connectivity index (χ0) is 13.3. The lowest BCUT2D eigenvalue weighted by molar-refractivity contribution is -0.137. The highest BCUT2D eigenvalue weighted by Crippen LogP contribution is 2.38. The molecule has 0 spiro atoms. The third kappa shape index (κ3) is 2.90. The molecule has 18 heavy (non-hydrogen) atoms. The Morgan fingerprint density at radius 3 is 2.28 bits per heavy atom. The minimum absolute atomic E-state index is 0.111. The number of rotatable bonds is 1. The van der Waals surface area contributed by atoms with Crippen molar-refractivity contribution in [2.24, 2.45) is 0 Å². The fourth-order valence-electron chi connectivity index (χ4n) is 2.06. The van der Waals surface area contributed by atoms with Gasteiger partial charge >= 0.3 is 6.18 Å². The van der Waals surface area contributed by atoms with Crippen LogP contribution in [0.3, 0.4) is 0 Å². The minimum atomic E-state index is -4.37. The molecular weight excluding hydrogens is 265 g/mol. The van der Waals surface area contributed by atoms with E-state index in [-0.39, 0.29) is 10.7 Å². The largest absolute Gasteiger partial charge is 0.418 e. The number of benzene rings is 1. The lowest BCUT2D eigenvalue weighted by Gasteiger charge is -2.35. The molecule has 0 aliphatic carbocycles. The second kappa shape index (κ2) is 4.97. The number of anilines is 1. The zero-order valence-corrected chi connectivity index (χ0v) is 10.7. The van der Waals surface area contributed by atoms with Gasteiger partial charge in [0.2, 0.25) is 0 Å². The van der Waals surface area contributed by atoms with E-state index in [0.717, 1.165) is 19.2 Å². The first-order valence-electron chi connectivity index (χ1n) is 5.68. The molecule has 100 valence electrons. The molecular formula is C12H14ClF3N2. The van der Waals surface area contributed by atoms with Gasteiger partial charge in [-0.25, -0.2) is 0 Å². The van der Waals surface area contributed by atoms with Crippen molar-refractivity contribution in [1.82, 2.24) is 4.90 Å². The molecule has 1 aromatic carbocycles. The molecule has 2 rings (SSSR count). The Balaban J connectivity index is 2.32. The Kier molecular flexibility index (Phi) is 3.73. The van der Waals surface area contributed by atoms with Gasteiger partial charge in [-0.05, 0) is 25.2 Å². The molecule has 1 heterocycles. The van der Waals surface area contributed by atoms with Crippen molar-refractivity contribution in [3.8, 4) is 0 Å². The van der Waals surface area contributed by atoms with Crippen LogP contribution in [0.25, 0.3) is 0 Å². The van der Waals surface area contributed by atoms with Crippen LogP contribution in [0, 0.1) is 0 Å². The van der Waals surface area contributed by atoms with E-state index in [4.69, 9.17) is 11.6 Å². The van der Waals surface area contributed by atoms with Crippen LogP contribution in [-0.4, -0.2) is 38.1 Å². The molecule has 0 unspecified atom stereocenters. The molecule has 0 radical (unpaired) electrons. The Morgan fingerprint density at radius 1 is 1.11 bits per heavy atom. The van der Waals surface area contributed by atoms with Gasteiger partial charge < -0.3 is 9.80 Å². The van der Waals surface area contributed by atoms with Crippen LogP contribution < -0.4 is 4.90 Å². The summed E-state index contributed by atoms with van der Waals surface area (Å²) in [5.74, 6) is 0. The van der Waals surface area contributed by atoms with Crippen LogP contribution in [0.5, 0.6) is 0 Å². The summed E-state index contributed by atoms with van der Waals surface area (Å²) in [6.07, 6.45) is -4.37. The van der Waals surface area contributed by atoms with E-state index in [2.05, 4.69) is 4.90 Å². The Hall–Kier alpha value is -0.940. The maximum absolute atomic E-state index is 13.0. The molecule has 1 fully saturated rings. The highest BCUT2D eigenvalue weighted by atomic mass is 35.5. The number of hydrogen-bond acceptors (Lipinski definition) is 2. The van der Waals surface area contributed by atoms with Crippen molar-refractivity contribution >= 4 is 17.3 Å². The third-order valence-electron chi connectivity index (χ3n) is 3.11. The summed E-state index contributed by atoms with van der Waals surface area (Å²) in [4.78, 5) is 3.86. The molecule has 0 amide bonds. The van der Waals surface area contributed by atoms with Crippen LogP contribution in [0.2, 0.25) is 5.02 Å². The van der Waals surface area contributed by atoms with E-state index in [1.54, 1.807) is 4.90 Å². The van der Waals surface area contributed by atoms with E-state index in [1.165, 1.54) is 12.1 Å². The maximum Gasteiger partial charge on any atom is 0.418 e. The van der Waals surface area contributed by atoms with E-state index in [1.807, 2.05) is 7.05 Å². The van der Waals surface area contributed by atoms with E-state index >= 15 is 0 Å². The Morgan fingerprint density at radius 2 is 1.72 bits per heavy atom. The second-order valence-electron chi connectivity index (χ2n) is 4.45.